The number of carbonyl (C=O) groups is 1. The number of amides is 1. The van der Waals surface area contributed by atoms with Crippen LogP contribution >= 0.6 is 23.2 Å². The Bertz CT molecular complexity index is 736. The fourth-order valence-corrected chi connectivity index (χ4v) is 4.02. The third-order valence-electron chi connectivity index (χ3n) is 4.95. The lowest BCUT2D eigenvalue weighted by Crippen LogP contribution is -2.30. The van der Waals surface area contributed by atoms with Crippen LogP contribution < -0.4 is 5.73 Å². The van der Waals surface area contributed by atoms with Crippen molar-refractivity contribution in [2.45, 2.75) is 18.8 Å². The fraction of sp³-hybridized carbons (Fsp3) is 0.350. The van der Waals surface area contributed by atoms with Crippen molar-refractivity contribution in [2.75, 3.05) is 19.6 Å². The van der Waals surface area contributed by atoms with Crippen molar-refractivity contribution >= 4 is 29.1 Å². The van der Waals surface area contributed by atoms with Gasteiger partial charge < -0.3 is 10.6 Å². The molecule has 3 rings (SSSR count). The number of carbonyl (C=O) groups excluding carboxylic acids is 1. The van der Waals surface area contributed by atoms with Crippen LogP contribution in [0.1, 0.15) is 23.5 Å². The van der Waals surface area contributed by atoms with Gasteiger partial charge in [0.2, 0.25) is 5.91 Å². The van der Waals surface area contributed by atoms with E-state index in [1.807, 2.05) is 29.2 Å². The molecular formula is C20H22Cl2N2O. The van der Waals surface area contributed by atoms with Crippen molar-refractivity contribution < 1.29 is 4.79 Å². The van der Waals surface area contributed by atoms with E-state index >= 15 is 0 Å². The molecule has 0 spiro atoms. The Hall–Kier alpha value is -1.55. The van der Waals surface area contributed by atoms with Gasteiger partial charge in [-0.15, -0.1) is 0 Å². The second-order valence-electron chi connectivity index (χ2n) is 6.55. The van der Waals surface area contributed by atoms with Crippen molar-refractivity contribution in [3.8, 4) is 0 Å². The maximum Gasteiger partial charge on any atom is 0.222 e. The van der Waals surface area contributed by atoms with Gasteiger partial charge in [-0.25, -0.2) is 0 Å². The van der Waals surface area contributed by atoms with Crippen molar-refractivity contribution in [1.29, 1.82) is 0 Å². The van der Waals surface area contributed by atoms with Crippen LogP contribution in [-0.4, -0.2) is 30.4 Å². The van der Waals surface area contributed by atoms with E-state index < -0.39 is 0 Å². The number of halogens is 2. The third-order valence-corrected chi connectivity index (χ3v) is 5.53. The summed E-state index contributed by atoms with van der Waals surface area (Å²) in [5.74, 6) is 0.780. The minimum Gasteiger partial charge on any atom is -0.342 e. The van der Waals surface area contributed by atoms with E-state index in [2.05, 4.69) is 12.1 Å². The molecule has 0 radical (unpaired) electrons. The second-order valence-corrected chi connectivity index (χ2v) is 7.39. The molecule has 2 N–H and O–H groups in total. The lowest BCUT2D eigenvalue weighted by atomic mass is 9.89. The molecule has 5 heteroatoms. The van der Waals surface area contributed by atoms with E-state index in [1.165, 1.54) is 5.56 Å². The van der Waals surface area contributed by atoms with Crippen molar-refractivity contribution in [2.24, 2.45) is 11.7 Å². The molecule has 0 aromatic heterocycles. The number of nitrogens with zero attached hydrogens (tertiary/aromatic N) is 1. The normalized spacial score (nSPS) is 20.0. The summed E-state index contributed by atoms with van der Waals surface area (Å²) in [7, 11) is 0. The maximum absolute atomic E-state index is 12.7. The van der Waals surface area contributed by atoms with Crippen LogP contribution in [0.2, 0.25) is 10.0 Å². The first kappa shape index (κ1) is 18.2. The molecule has 2 aromatic rings. The van der Waals surface area contributed by atoms with Crippen LogP contribution in [-0.2, 0) is 11.2 Å². The zero-order chi connectivity index (χ0) is 17.8. The van der Waals surface area contributed by atoms with E-state index in [-0.39, 0.29) is 5.91 Å². The zero-order valence-electron chi connectivity index (χ0n) is 14.0. The molecule has 0 aliphatic carbocycles. The van der Waals surface area contributed by atoms with Crippen LogP contribution in [0.4, 0.5) is 0 Å². The first-order chi connectivity index (χ1) is 12.1. The maximum atomic E-state index is 12.7. The molecule has 2 atom stereocenters. The second kappa shape index (κ2) is 8.22. The highest BCUT2D eigenvalue weighted by Crippen LogP contribution is 2.32. The van der Waals surface area contributed by atoms with E-state index in [0.717, 1.165) is 18.7 Å². The van der Waals surface area contributed by atoms with Gasteiger partial charge in [0.25, 0.3) is 0 Å². The van der Waals surface area contributed by atoms with Crippen molar-refractivity contribution in [3.63, 3.8) is 0 Å². The van der Waals surface area contributed by atoms with Crippen LogP contribution in [0, 0.1) is 5.92 Å². The average Bonchev–Trinajstić information content (AvgIpc) is 3.06. The number of aryl methyl sites for hydroxylation is 1. The van der Waals surface area contributed by atoms with Gasteiger partial charge >= 0.3 is 0 Å². The lowest BCUT2D eigenvalue weighted by Gasteiger charge is -2.17. The van der Waals surface area contributed by atoms with E-state index in [0.29, 0.717) is 41.3 Å². The van der Waals surface area contributed by atoms with Gasteiger partial charge in [-0.2, -0.15) is 0 Å². The summed E-state index contributed by atoms with van der Waals surface area (Å²) in [5.41, 5.74) is 8.17. The standard InChI is InChI=1S/C20H22Cl2N2O/c21-17-8-6-15(19(22)10-17)7-9-20(25)24-12-16(11-23)18(13-24)14-4-2-1-3-5-14/h1-6,8,10,16,18H,7,9,11-13,23H2/t16-,18+/m1/s1. The molecule has 1 fully saturated rings. The quantitative estimate of drug-likeness (QED) is 0.852. The number of hydrogen-bond acceptors (Lipinski definition) is 2. The third kappa shape index (κ3) is 4.35. The average molecular weight is 377 g/mol. The first-order valence-electron chi connectivity index (χ1n) is 8.55. The molecule has 25 heavy (non-hydrogen) atoms. The van der Waals surface area contributed by atoms with Gasteiger partial charge in [-0.05, 0) is 42.1 Å². The summed E-state index contributed by atoms with van der Waals surface area (Å²) >= 11 is 12.1. The Balaban J connectivity index is 1.63. The number of hydrogen-bond donors (Lipinski definition) is 1. The highest BCUT2D eigenvalue weighted by molar-refractivity contribution is 6.35. The largest absolute Gasteiger partial charge is 0.342 e. The first-order valence-corrected chi connectivity index (χ1v) is 9.30. The highest BCUT2D eigenvalue weighted by atomic mass is 35.5. The summed E-state index contributed by atoms with van der Waals surface area (Å²) in [6.45, 7) is 2.05. The van der Waals surface area contributed by atoms with Crippen molar-refractivity contribution in [1.82, 2.24) is 4.90 Å². The number of benzene rings is 2. The molecule has 1 amide bonds. The smallest absolute Gasteiger partial charge is 0.222 e. The fourth-order valence-electron chi connectivity index (χ4n) is 3.52. The Morgan fingerprint density at radius 1 is 1.12 bits per heavy atom. The summed E-state index contributed by atoms with van der Waals surface area (Å²) in [5, 5.41) is 1.22. The molecule has 0 unspecified atom stereocenters. The molecule has 2 aromatic carbocycles. The molecule has 1 aliphatic rings. The summed E-state index contributed by atoms with van der Waals surface area (Å²) in [4.78, 5) is 14.6. The zero-order valence-corrected chi connectivity index (χ0v) is 15.5. The lowest BCUT2D eigenvalue weighted by molar-refractivity contribution is -0.130. The minimum atomic E-state index is 0.155. The number of nitrogens with two attached hydrogens (primary N) is 1. The van der Waals surface area contributed by atoms with Gasteiger partial charge in [-0.3, -0.25) is 4.79 Å². The summed E-state index contributed by atoms with van der Waals surface area (Å²) < 4.78 is 0. The van der Waals surface area contributed by atoms with E-state index in [9.17, 15) is 4.79 Å². The minimum absolute atomic E-state index is 0.155. The molecule has 3 nitrogen and oxygen atoms in total. The Kier molecular flexibility index (Phi) is 6.00. The number of rotatable bonds is 5. The van der Waals surface area contributed by atoms with E-state index in [1.54, 1.807) is 12.1 Å². The van der Waals surface area contributed by atoms with Crippen LogP contribution in [0.25, 0.3) is 0 Å². The predicted octanol–water partition coefficient (Wildman–Crippen LogP) is 4.13. The van der Waals surface area contributed by atoms with Gasteiger partial charge in [0.05, 0.1) is 0 Å². The molecule has 1 heterocycles. The Morgan fingerprint density at radius 3 is 2.56 bits per heavy atom. The molecular weight excluding hydrogens is 355 g/mol. The molecule has 1 saturated heterocycles. The molecule has 132 valence electrons. The van der Waals surface area contributed by atoms with Crippen LogP contribution in [0.15, 0.2) is 48.5 Å². The molecule has 1 aliphatic heterocycles. The summed E-state index contributed by atoms with van der Waals surface area (Å²) in [6, 6.07) is 15.7. The SMILES string of the molecule is NC[C@@H]1CN(C(=O)CCc2ccc(Cl)cc2Cl)C[C@H]1c1ccccc1. The van der Waals surface area contributed by atoms with E-state index in [4.69, 9.17) is 28.9 Å². The van der Waals surface area contributed by atoms with Crippen LogP contribution in [0.3, 0.4) is 0 Å². The Morgan fingerprint density at radius 2 is 1.88 bits per heavy atom. The number of likely N-dealkylation sites (tertiary alicyclic amines) is 1. The summed E-state index contributed by atoms with van der Waals surface area (Å²) in [6.07, 6.45) is 1.06. The highest BCUT2D eigenvalue weighted by Gasteiger charge is 2.34. The topological polar surface area (TPSA) is 46.3 Å². The van der Waals surface area contributed by atoms with Crippen LogP contribution in [0.5, 0.6) is 0 Å². The van der Waals surface area contributed by atoms with Gasteiger partial charge in [0, 0.05) is 35.5 Å². The van der Waals surface area contributed by atoms with Gasteiger partial charge in [-0.1, -0.05) is 59.6 Å². The monoisotopic (exact) mass is 376 g/mol. The van der Waals surface area contributed by atoms with Gasteiger partial charge in [0.1, 0.15) is 0 Å². The molecule has 0 bridgehead atoms. The van der Waals surface area contributed by atoms with Gasteiger partial charge in [0.15, 0.2) is 0 Å². The predicted molar refractivity (Wildman–Crippen MR) is 103 cm³/mol. The Labute approximate surface area is 158 Å². The molecule has 0 saturated carbocycles. The van der Waals surface area contributed by atoms with Crippen molar-refractivity contribution in [3.05, 3.63) is 69.7 Å².